The Kier molecular flexibility index (Phi) is 5.49. The molecule has 0 bridgehead atoms. The van der Waals surface area contributed by atoms with E-state index >= 15 is 0 Å². The maximum absolute atomic E-state index is 12.4. The molecule has 0 aliphatic carbocycles. The van der Waals surface area contributed by atoms with E-state index in [4.69, 9.17) is 14.2 Å². The number of nitrogens with one attached hydrogen (secondary N) is 1. The van der Waals surface area contributed by atoms with Crippen molar-refractivity contribution in [1.82, 2.24) is 5.32 Å². The SMILES string of the molecule is COc1ccc(CNC(=O)CC2Oc3ccccc3N(C)C2=O)cc1OC. The van der Waals surface area contributed by atoms with Crippen molar-refractivity contribution in [3.63, 3.8) is 0 Å². The Morgan fingerprint density at radius 2 is 1.89 bits per heavy atom. The predicted octanol–water partition coefficient (Wildman–Crippen LogP) is 2.13. The molecule has 2 aromatic carbocycles. The number of hydrogen-bond donors (Lipinski definition) is 1. The number of para-hydroxylation sites is 2. The monoisotopic (exact) mass is 370 g/mol. The van der Waals surface area contributed by atoms with E-state index < -0.39 is 6.10 Å². The summed E-state index contributed by atoms with van der Waals surface area (Å²) in [5, 5.41) is 2.81. The van der Waals surface area contributed by atoms with Gasteiger partial charge in [0.15, 0.2) is 17.6 Å². The van der Waals surface area contributed by atoms with Crippen molar-refractivity contribution in [1.29, 1.82) is 0 Å². The van der Waals surface area contributed by atoms with Gasteiger partial charge in [-0.2, -0.15) is 0 Å². The van der Waals surface area contributed by atoms with Crippen molar-refractivity contribution in [2.45, 2.75) is 19.1 Å². The maximum atomic E-state index is 12.4. The number of likely N-dealkylation sites (N-methyl/N-ethyl adjacent to an activating group) is 1. The minimum absolute atomic E-state index is 0.0508. The standard InChI is InChI=1S/C20H22N2O5/c1-22-14-6-4-5-7-15(14)27-18(20(22)24)11-19(23)21-12-13-8-9-16(25-2)17(10-13)26-3/h4-10,18H,11-12H2,1-3H3,(H,21,23). The highest BCUT2D eigenvalue weighted by Gasteiger charge is 2.33. The lowest BCUT2D eigenvalue weighted by Gasteiger charge is -2.31. The van der Waals surface area contributed by atoms with E-state index in [-0.39, 0.29) is 18.2 Å². The molecule has 142 valence electrons. The zero-order valence-corrected chi connectivity index (χ0v) is 15.5. The number of benzene rings is 2. The van der Waals surface area contributed by atoms with Crippen LogP contribution in [0.15, 0.2) is 42.5 Å². The van der Waals surface area contributed by atoms with E-state index in [2.05, 4.69) is 5.32 Å². The fourth-order valence-electron chi connectivity index (χ4n) is 2.93. The first-order valence-electron chi connectivity index (χ1n) is 8.54. The summed E-state index contributed by atoms with van der Waals surface area (Å²) >= 11 is 0. The van der Waals surface area contributed by atoms with Crippen LogP contribution in [0.1, 0.15) is 12.0 Å². The molecular formula is C20H22N2O5. The van der Waals surface area contributed by atoms with Crippen LogP contribution in [0.25, 0.3) is 0 Å². The molecule has 1 heterocycles. The van der Waals surface area contributed by atoms with E-state index in [0.717, 1.165) is 5.56 Å². The lowest BCUT2D eigenvalue weighted by molar-refractivity contribution is -0.132. The number of fused-ring (bicyclic) bond motifs is 1. The van der Waals surface area contributed by atoms with E-state index in [0.29, 0.717) is 29.5 Å². The molecule has 0 saturated carbocycles. The molecule has 0 spiro atoms. The van der Waals surface area contributed by atoms with Gasteiger partial charge >= 0.3 is 0 Å². The van der Waals surface area contributed by atoms with Crippen LogP contribution >= 0.6 is 0 Å². The van der Waals surface area contributed by atoms with Crippen molar-refractivity contribution < 1.29 is 23.8 Å². The summed E-state index contributed by atoms with van der Waals surface area (Å²) in [4.78, 5) is 26.3. The number of methoxy groups -OCH3 is 2. The van der Waals surface area contributed by atoms with Gasteiger partial charge in [0.05, 0.1) is 26.3 Å². The van der Waals surface area contributed by atoms with Crippen LogP contribution < -0.4 is 24.4 Å². The molecule has 0 saturated heterocycles. The van der Waals surface area contributed by atoms with Gasteiger partial charge in [-0.05, 0) is 29.8 Å². The maximum Gasteiger partial charge on any atom is 0.268 e. The fraction of sp³-hybridized carbons (Fsp3) is 0.300. The van der Waals surface area contributed by atoms with E-state index in [1.54, 1.807) is 45.5 Å². The van der Waals surface area contributed by atoms with E-state index in [1.165, 1.54) is 4.90 Å². The smallest absolute Gasteiger partial charge is 0.268 e. The second-order valence-electron chi connectivity index (χ2n) is 6.14. The molecule has 7 nitrogen and oxygen atoms in total. The first kappa shape index (κ1) is 18.6. The third-order valence-corrected chi connectivity index (χ3v) is 4.41. The predicted molar refractivity (Wildman–Crippen MR) is 100 cm³/mol. The molecule has 3 rings (SSSR count). The molecule has 0 radical (unpaired) electrons. The van der Waals surface area contributed by atoms with Gasteiger partial charge in [-0.3, -0.25) is 9.59 Å². The van der Waals surface area contributed by atoms with Gasteiger partial charge in [0.25, 0.3) is 5.91 Å². The Morgan fingerprint density at radius 3 is 2.63 bits per heavy atom. The Labute approximate surface area is 157 Å². The summed E-state index contributed by atoms with van der Waals surface area (Å²) in [6.07, 6.45) is -0.888. The number of nitrogens with zero attached hydrogens (tertiary/aromatic N) is 1. The summed E-state index contributed by atoms with van der Waals surface area (Å²) < 4.78 is 16.2. The second kappa shape index (κ2) is 7.99. The summed E-state index contributed by atoms with van der Waals surface area (Å²) in [6.45, 7) is 0.312. The van der Waals surface area contributed by atoms with Gasteiger partial charge in [0, 0.05) is 13.6 Å². The summed E-state index contributed by atoms with van der Waals surface area (Å²) in [5.41, 5.74) is 1.56. The molecule has 1 aliphatic heterocycles. The van der Waals surface area contributed by atoms with Crippen LogP contribution in [0.5, 0.6) is 17.2 Å². The molecule has 1 aliphatic rings. The van der Waals surface area contributed by atoms with Crippen LogP contribution in [-0.4, -0.2) is 39.2 Å². The molecule has 27 heavy (non-hydrogen) atoms. The quantitative estimate of drug-likeness (QED) is 0.843. The molecule has 2 amide bonds. The average Bonchev–Trinajstić information content (AvgIpc) is 2.70. The lowest BCUT2D eigenvalue weighted by Crippen LogP contribution is -2.46. The van der Waals surface area contributed by atoms with Gasteiger partial charge in [-0.15, -0.1) is 0 Å². The topological polar surface area (TPSA) is 77.1 Å². The van der Waals surface area contributed by atoms with Crippen molar-refractivity contribution in [2.24, 2.45) is 0 Å². The number of anilines is 1. The van der Waals surface area contributed by atoms with Crippen LogP contribution in [0.2, 0.25) is 0 Å². The molecule has 2 aromatic rings. The summed E-state index contributed by atoms with van der Waals surface area (Å²) in [5.74, 6) is 1.30. The van der Waals surface area contributed by atoms with Crippen molar-refractivity contribution >= 4 is 17.5 Å². The van der Waals surface area contributed by atoms with Crippen LogP contribution in [-0.2, 0) is 16.1 Å². The van der Waals surface area contributed by atoms with Gasteiger partial charge in [-0.25, -0.2) is 0 Å². The van der Waals surface area contributed by atoms with Crippen LogP contribution in [0, 0.1) is 0 Å². The first-order chi connectivity index (χ1) is 13.0. The number of rotatable bonds is 6. The molecule has 0 aromatic heterocycles. The van der Waals surface area contributed by atoms with Gasteiger partial charge < -0.3 is 24.4 Å². The highest BCUT2D eigenvalue weighted by Crippen LogP contribution is 2.33. The normalized spacial score (nSPS) is 15.6. The van der Waals surface area contributed by atoms with E-state index in [9.17, 15) is 9.59 Å². The Hall–Kier alpha value is -3.22. The average molecular weight is 370 g/mol. The minimum Gasteiger partial charge on any atom is -0.493 e. The van der Waals surface area contributed by atoms with Crippen molar-refractivity contribution in [2.75, 3.05) is 26.2 Å². The Balaban J connectivity index is 1.61. The molecule has 7 heteroatoms. The van der Waals surface area contributed by atoms with Crippen LogP contribution in [0.3, 0.4) is 0 Å². The van der Waals surface area contributed by atoms with Gasteiger partial charge in [-0.1, -0.05) is 18.2 Å². The molecule has 0 fully saturated rings. The molecule has 1 N–H and O–H groups in total. The summed E-state index contributed by atoms with van der Waals surface area (Å²) in [7, 11) is 4.80. The van der Waals surface area contributed by atoms with E-state index in [1.807, 2.05) is 18.2 Å². The molecule has 1 atom stereocenters. The minimum atomic E-state index is -0.838. The summed E-state index contributed by atoms with van der Waals surface area (Å²) in [6, 6.07) is 12.7. The van der Waals surface area contributed by atoms with Gasteiger partial charge in [0.2, 0.25) is 5.91 Å². The highest BCUT2D eigenvalue weighted by molar-refractivity contribution is 6.01. The number of hydrogen-bond acceptors (Lipinski definition) is 5. The van der Waals surface area contributed by atoms with Gasteiger partial charge in [0.1, 0.15) is 5.75 Å². The Bertz CT molecular complexity index is 852. The number of amides is 2. The zero-order chi connectivity index (χ0) is 19.4. The van der Waals surface area contributed by atoms with Crippen LogP contribution in [0.4, 0.5) is 5.69 Å². The third kappa shape index (κ3) is 3.97. The zero-order valence-electron chi connectivity index (χ0n) is 15.5. The lowest BCUT2D eigenvalue weighted by atomic mass is 10.1. The number of carbonyl (C=O) groups excluding carboxylic acids is 2. The molecule has 1 unspecified atom stereocenters. The first-order valence-corrected chi connectivity index (χ1v) is 8.54. The highest BCUT2D eigenvalue weighted by atomic mass is 16.5. The fourth-order valence-corrected chi connectivity index (χ4v) is 2.93. The number of ether oxygens (including phenoxy) is 3. The van der Waals surface area contributed by atoms with Crippen molar-refractivity contribution in [3.8, 4) is 17.2 Å². The van der Waals surface area contributed by atoms with Crippen molar-refractivity contribution in [3.05, 3.63) is 48.0 Å². The Morgan fingerprint density at radius 1 is 1.15 bits per heavy atom. The number of carbonyl (C=O) groups is 2. The third-order valence-electron chi connectivity index (χ3n) is 4.41. The second-order valence-corrected chi connectivity index (χ2v) is 6.14. The largest absolute Gasteiger partial charge is 0.493 e. The molecular weight excluding hydrogens is 348 g/mol.